The lowest BCUT2D eigenvalue weighted by molar-refractivity contribution is -0.135. The van der Waals surface area contributed by atoms with E-state index in [1.807, 2.05) is 9.80 Å². The summed E-state index contributed by atoms with van der Waals surface area (Å²) in [4.78, 5) is 29.0. The molecule has 0 N–H and O–H groups in total. The van der Waals surface area contributed by atoms with Crippen molar-refractivity contribution in [2.24, 2.45) is 5.92 Å². The maximum atomic E-state index is 13.1. The number of benzene rings is 1. The van der Waals surface area contributed by atoms with Gasteiger partial charge in [-0.3, -0.25) is 9.59 Å². The fraction of sp³-hybridized carbons (Fsp3) is 0.524. The summed E-state index contributed by atoms with van der Waals surface area (Å²) >= 11 is 0. The number of halogens is 1. The van der Waals surface area contributed by atoms with E-state index in [9.17, 15) is 14.0 Å². The maximum Gasteiger partial charge on any atom is 0.228 e. The number of amides is 2. The lowest BCUT2D eigenvalue weighted by Crippen LogP contribution is -2.40. The highest BCUT2D eigenvalue weighted by molar-refractivity contribution is 5.90. The molecule has 1 aromatic carbocycles. The maximum absolute atomic E-state index is 13.1. The summed E-state index contributed by atoms with van der Waals surface area (Å²) in [6.45, 7) is 1.82. The summed E-state index contributed by atoms with van der Waals surface area (Å²) in [7, 11) is 0. The molecule has 0 radical (unpaired) electrons. The molecule has 1 atom stereocenters. The minimum absolute atomic E-state index is 0.105. The summed E-state index contributed by atoms with van der Waals surface area (Å²) in [5.74, 6) is -0.174. The second-order valence-corrected chi connectivity index (χ2v) is 7.66. The molecule has 2 heterocycles. The van der Waals surface area contributed by atoms with Crippen LogP contribution in [0.1, 0.15) is 44.1 Å². The summed E-state index contributed by atoms with van der Waals surface area (Å²) < 4.78 is 13.1. The van der Waals surface area contributed by atoms with Gasteiger partial charge in [0.15, 0.2) is 0 Å². The molecule has 0 aromatic heterocycles. The molecular weight excluding hydrogens is 331 g/mol. The number of carbonyl (C=O) groups is 2. The van der Waals surface area contributed by atoms with E-state index in [1.54, 1.807) is 12.1 Å². The third-order valence-electron chi connectivity index (χ3n) is 6.01. The Balaban J connectivity index is 1.37. The Morgan fingerprint density at radius 3 is 2.50 bits per heavy atom. The van der Waals surface area contributed by atoms with Gasteiger partial charge in [0.1, 0.15) is 5.82 Å². The van der Waals surface area contributed by atoms with Gasteiger partial charge < -0.3 is 9.80 Å². The van der Waals surface area contributed by atoms with E-state index in [-0.39, 0.29) is 23.5 Å². The monoisotopic (exact) mass is 356 g/mol. The van der Waals surface area contributed by atoms with Gasteiger partial charge in [0.05, 0.1) is 5.92 Å². The van der Waals surface area contributed by atoms with Crippen LogP contribution in [0.4, 0.5) is 4.39 Å². The van der Waals surface area contributed by atoms with Crippen molar-refractivity contribution in [1.29, 1.82) is 0 Å². The van der Waals surface area contributed by atoms with Crippen molar-refractivity contribution in [3.8, 4) is 0 Å². The van der Waals surface area contributed by atoms with E-state index in [0.29, 0.717) is 32.1 Å². The highest BCUT2D eigenvalue weighted by Crippen LogP contribution is 2.31. The average molecular weight is 356 g/mol. The molecule has 5 heteroatoms. The van der Waals surface area contributed by atoms with Gasteiger partial charge in [0, 0.05) is 32.1 Å². The topological polar surface area (TPSA) is 40.6 Å². The molecule has 2 fully saturated rings. The van der Waals surface area contributed by atoms with Crippen LogP contribution in [-0.4, -0.2) is 47.3 Å². The summed E-state index contributed by atoms with van der Waals surface area (Å²) in [5, 5.41) is 0. The van der Waals surface area contributed by atoms with Crippen LogP contribution in [0, 0.1) is 11.7 Å². The fourth-order valence-corrected chi connectivity index (χ4v) is 4.52. The minimum atomic E-state index is -0.236. The standard InChI is InChI=1S/C21H25FN2O2/c22-18-7-5-15(6-8-18)16-9-11-23(12-10-16)21(26)17-13-20(25)24(14-17)19-3-1-2-4-19/h5-9,17,19H,1-4,10-14H2. The van der Waals surface area contributed by atoms with Gasteiger partial charge in [-0.25, -0.2) is 4.39 Å². The molecule has 1 aromatic rings. The van der Waals surface area contributed by atoms with Gasteiger partial charge in [0.2, 0.25) is 11.8 Å². The van der Waals surface area contributed by atoms with Crippen LogP contribution in [0.25, 0.3) is 5.57 Å². The molecule has 138 valence electrons. The van der Waals surface area contributed by atoms with Crippen LogP contribution in [0.3, 0.4) is 0 Å². The van der Waals surface area contributed by atoms with E-state index in [2.05, 4.69) is 6.08 Å². The predicted octanol–water partition coefficient (Wildman–Crippen LogP) is 3.23. The Morgan fingerprint density at radius 2 is 1.85 bits per heavy atom. The first-order valence-corrected chi connectivity index (χ1v) is 9.65. The van der Waals surface area contributed by atoms with Gasteiger partial charge >= 0.3 is 0 Å². The molecule has 2 amide bonds. The molecule has 0 bridgehead atoms. The Hall–Kier alpha value is -2.17. The smallest absolute Gasteiger partial charge is 0.228 e. The number of rotatable bonds is 3. The van der Waals surface area contributed by atoms with Gasteiger partial charge in [-0.05, 0) is 42.5 Å². The predicted molar refractivity (Wildman–Crippen MR) is 97.7 cm³/mol. The van der Waals surface area contributed by atoms with Crippen LogP contribution < -0.4 is 0 Å². The lowest BCUT2D eigenvalue weighted by atomic mass is 9.98. The van der Waals surface area contributed by atoms with Crippen molar-refractivity contribution in [3.63, 3.8) is 0 Å². The van der Waals surface area contributed by atoms with Crippen molar-refractivity contribution >= 4 is 17.4 Å². The normalized spacial score (nSPS) is 24.3. The number of likely N-dealkylation sites (tertiary alicyclic amines) is 1. The minimum Gasteiger partial charge on any atom is -0.339 e. The van der Waals surface area contributed by atoms with Crippen LogP contribution in [0.5, 0.6) is 0 Å². The van der Waals surface area contributed by atoms with Crippen molar-refractivity contribution in [2.45, 2.75) is 44.6 Å². The first kappa shape index (κ1) is 17.3. The SMILES string of the molecule is O=C(C1CC(=O)N(C2CCCC2)C1)N1CC=C(c2ccc(F)cc2)CC1. The molecule has 26 heavy (non-hydrogen) atoms. The van der Waals surface area contributed by atoms with Crippen LogP contribution in [0.15, 0.2) is 30.3 Å². The van der Waals surface area contributed by atoms with E-state index >= 15 is 0 Å². The largest absolute Gasteiger partial charge is 0.339 e. The zero-order valence-electron chi connectivity index (χ0n) is 15.0. The Morgan fingerprint density at radius 1 is 1.12 bits per heavy atom. The number of hydrogen-bond acceptors (Lipinski definition) is 2. The fourth-order valence-electron chi connectivity index (χ4n) is 4.52. The Bertz CT molecular complexity index is 722. The molecule has 4 rings (SSSR count). The molecule has 1 unspecified atom stereocenters. The van der Waals surface area contributed by atoms with Crippen molar-refractivity contribution in [1.82, 2.24) is 9.80 Å². The van der Waals surface area contributed by atoms with Gasteiger partial charge in [-0.2, -0.15) is 0 Å². The summed E-state index contributed by atoms with van der Waals surface area (Å²) in [6.07, 6.45) is 7.73. The molecule has 2 aliphatic heterocycles. The van der Waals surface area contributed by atoms with Crippen LogP contribution >= 0.6 is 0 Å². The first-order chi connectivity index (χ1) is 12.6. The highest BCUT2D eigenvalue weighted by atomic mass is 19.1. The Kier molecular flexibility index (Phi) is 4.79. The summed E-state index contributed by atoms with van der Waals surface area (Å²) in [5.41, 5.74) is 2.17. The molecule has 0 spiro atoms. The van der Waals surface area contributed by atoms with Crippen LogP contribution in [0.2, 0.25) is 0 Å². The van der Waals surface area contributed by atoms with Crippen molar-refractivity contribution in [2.75, 3.05) is 19.6 Å². The Labute approximate surface area is 153 Å². The molecule has 3 aliphatic rings. The molecule has 4 nitrogen and oxygen atoms in total. The number of hydrogen-bond donors (Lipinski definition) is 0. The quantitative estimate of drug-likeness (QED) is 0.834. The number of nitrogens with zero attached hydrogens (tertiary/aromatic N) is 2. The second kappa shape index (κ2) is 7.22. The van der Waals surface area contributed by atoms with E-state index < -0.39 is 0 Å². The molecule has 1 aliphatic carbocycles. The van der Waals surface area contributed by atoms with Crippen molar-refractivity contribution in [3.05, 3.63) is 41.7 Å². The number of carbonyl (C=O) groups excluding carboxylic acids is 2. The average Bonchev–Trinajstić information content (AvgIpc) is 3.31. The van der Waals surface area contributed by atoms with Gasteiger partial charge in [-0.1, -0.05) is 31.1 Å². The lowest BCUT2D eigenvalue weighted by Gasteiger charge is -2.29. The third kappa shape index (κ3) is 3.39. The summed E-state index contributed by atoms with van der Waals surface area (Å²) in [6, 6.07) is 6.86. The van der Waals surface area contributed by atoms with E-state index in [4.69, 9.17) is 0 Å². The zero-order chi connectivity index (χ0) is 18.1. The second-order valence-electron chi connectivity index (χ2n) is 7.66. The molecule has 1 saturated heterocycles. The first-order valence-electron chi connectivity index (χ1n) is 9.65. The van der Waals surface area contributed by atoms with E-state index in [1.165, 1.54) is 25.0 Å². The zero-order valence-corrected chi connectivity index (χ0v) is 15.0. The molecule has 1 saturated carbocycles. The van der Waals surface area contributed by atoms with Gasteiger partial charge in [-0.15, -0.1) is 0 Å². The van der Waals surface area contributed by atoms with E-state index in [0.717, 1.165) is 30.4 Å². The molecular formula is C21H25FN2O2. The highest BCUT2D eigenvalue weighted by Gasteiger charge is 2.40. The van der Waals surface area contributed by atoms with Crippen molar-refractivity contribution < 1.29 is 14.0 Å². The third-order valence-corrected chi connectivity index (χ3v) is 6.01. The van der Waals surface area contributed by atoms with Crippen LogP contribution in [-0.2, 0) is 9.59 Å². The van der Waals surface area contributed by atoms with Gasteiger partial charge in [0.25, 0.3) is 0 Å².